The van der Waals surface area contributed by atoms with Crippen molar-refractivity contribution in [3.63, 3.8) is 0 Å². The third kappa shape index (κ3) is 2.55. The zero-order chi connectivity index (χ0) is 10.6. The molecule has 0 radical (unpaired) electrons. The van der Waals surface area contributed by atoms with E-state index in [1.54, 1.807) is 18.5 Å². The van der Waals surface area contributed by atoms with Crippen molar-refractivity contribution in [1.29, 1.82) is 5.26 Å². The largest absolute Gasteiger partial charge is 0.347 e. The van der Waals surface area contributed by atoms with Crippen LogP contribution in [0.3, 0.4) is 0 Å². The first-order valence-electron chi connectivity index (χ1n) is 3.85. The number of nitrogens with one attached hydrogen (secondary N) is 1. The summed E-state index contributed by atoms with van der Waals surface area (Å²) in [6, 6.07) is 1.61. The van der Waals surface area contributed by atoms with Crippen molar-refractivity contribution in [2.45, 2.75) is 6.54 Å². The quantitative estimate of drug-likeness (QED) is 0.744. The molecule has 0 aliphatic rings. The molecule has 0 aromatic carbocycles. The predicted molar refractivity (Wildman–Crippen MR) is 49.5 cm³/mol. The number of sulfonamides is 1. The van der Waals surface area contributed by atoms with Gasteiger partial charge in [0.25, 0.3) is 0 Å². The van der Waals surface area contributed by atoms with Crippen molar-refractivity contribution in [1.82, 2.24) is 14.3 Å². The summed E-state index contributed by atoms with van der Waals surface area (Å²) >= 11 is 0. The molecule has 1 aromatic rings. The van der Waals surface area contributed by atoms with Gasteiger partial charge in [-0.15, -0.1) is 0 Å². The molecule has 0 atom stereocenters. The molecule has 1 N–H and O–H groups in total. The molecule has 0 bridgehead atoms. The third-order valence-corrected chi connectivity index (χ3v) is 3.22. The Morgan fingerprint density at radius 1 is 1.71 bits per heavy atom. The van der Waals surface area contributed by atoms with Gasteiger partial charge in [0.1, 0.15) is 5.82 Å². The van der Waals surface area contributed by atoms with Gasteiger partial charge in [-0.05, 0) is 0 Å². The number of nitriles is 1. The minimum atomic E-state index is -3.47. The number of nitrogens with zero attached hydrogens (tertiary/aromatic N) is 3. The summed E-state index contributed by atoms with van der Waals surface area (Å²) in [5.41, 5.74) is 0. The van der Waals surface area contributed by atoms with Crippen molar-refractivity contribution in [2.24, 2.45) is 0 Å². The van der Waals surface area contributed by atoms with E-state index in [1.807, 2.05) is 0 Å². The van der Waals surface area contributed by atoms with E-state index >= 15 is 0 Å². The predicted octanol–water partition coefficient (Wildman–Crippen LogP) is -0.305. The van der Waals surface area contributed by atoms with E-state index in [1.165, 1.54) is 7.05 Å². The normalized spacial score (nSPS) is 11.5. The third-order valence-electron chi connectivity index (χ3n) is 1.65. The van der Waals surface area contributed by atoms with E-state index in [2.05, 4.69) is 9.97 Å². The number of imidazole rings is 1. The second kappa shape index (κ2) is 4.21. The zero-order valence-corrected chi connectivity index (χ0v) is 8.45. The van der Waals surface area contributed by atoms with E-state index < -0.39 is 15.8 Å². The van der Waals surface area contributed by atoms with Crippen molar-refractivity contribution < 1.29 is 8.42 Å². The highest BCUT2D eigenvalue weighted by atomic mass is 32.2. The van der Waals surface area contributed by atoms with Crippen LogP contribution in [0.15, 0.2) is 12.4 Å². The fourth-order valence-corrected chi connectivity index (χ4v) is 1.59. The van der Waals surface area contributed by atoms with Gasteiger partial charge < -0.3 is 4.98 Å². The van der Waals surface area contributed by atoms with E-state index in [0.29, 0.717) is 5.82 Å². The van der Waals surface area contributed by atoms with Crippen molar-refractivity contribution in [3.8, 4) is 6.07 Å². The van der Waals surface area contributed by atoms with Crippen LogP contribution in [0.2, 0.25) is 0 Å². The van der Waals surface area contributed by atoms with Gasteiger partial charge in [-0.25, -0.2) is 13.4 Å². The Hall–Kier alpha value is -1.39. The van der Waals surface area contributed by atoms with E-state index in [0.717, 1.165) is 4.31 Å². The highest BCUT2D eigenvalue weighted by Gasteiger charge is 2.17. The van der Waals surface area contributed by atoms with Gasteiger partial charge in [-0.1, -0.05) is 0 Å². The fourth-order valence-electron chi connectivity index (χ4n) is 0.885. The Labute approximate surface area is 82.2 Å². The summed E-state index contributed by atoms with van der Waals surface area (Å²) in [5.74, 6) is 0.0403. The van der Waals surface area contributed by atoms with Gasteiger partial charge in [-0.2, -0.15) is 9.57 Å². The van der Waals surface area contributed by atoms with Crippen LogP contribution in [0.5, 0.6) is 0 Å². The molecule has 76 valence electrons. The Morgan fingerprint density at radius 2 is 2.43 bits per heavy atom. The number of aromatic amines is 1. The van der Waals surface area contributed by atoms with Crippen molar-refractivity contribution >= 4 is 10.0 Å². The Kier molecular flexibility index (Phi) is 3.22. The maximum absolute atomic E-state index is 11.3. The maximum Gasteiger partial charge on any atom is 0.227 e. The number of aromatic nitrogens is 2. The van der Waals surface area contributed by atoms with Crippen LogP contribution in [0.25, 0.3) is 0 Å². The molecule has 6 nitrogen and oxygen atoms in total. The lowest BCUT2D eigenvalue weighted by molar-refractivity contribution is 0.461. The van der Waals surface area contributed by atoms with Crippen LogP contribution >= 0.6 is 0 Å². The molecule has 0 amide bonds. The van der Waals surface area contributed by atoms with Gasteiger partial charge in [-0.3, -0.25) is 0 Å². The summed E-state index contributed by atoms with van der Waals surface area (Å²) in [5, 5.41) is 8.30. The van der Waals surface area contributed by atoms with E-state index in [-0.39, 0.29) is 6.54 Å². The van der Waals surface area contributed by atoms with Crippen LogP contribution < -0.4 is 0 Å². The summed E-state index contributed by atoms with van der Waals surface area (Å²) in [6.07, 6.45) is 3.15. The van der Waals surface area contributed by atoms with Gasteiger partial charge in [0, 0.05) is 19.4 Å². The van der Waals surface area contributed by atoms with E-state index in [9.17, 15) is 8.42 Å². The molecule has 0 fully saturated rings. The standard InChI is InChI=1S/C7H10N4O2S/c1-11(14(12,13)5-2-8)6-7-9-3-4-10-7/h3-4H,5-6H2,1H3,(H,9,10). The Bertz CT molecular complexity index is 417. The smallest absolute Gasteiger partial charge is 0.227 e. The molecule has 0 aliphatic carbocycles. The first-order valence-corrected chi connectivity index (χ1v) is 5.46. The van der Waals surface area contributed by atoms with Gasteiger partial charge in [0.15, 0.2) is 5.75 Å². The molecule has 14 heavy (non-hydrogen) atoms. The number of hydrogen-bond donors (Lipinski definition) is 1. The molecule has 7 heteroatoms. The highest BCUT2D eigenvalue weighted by molar-refractivity contribution is 7.89. The van der Waals surface area contributed by atoms with Gasteiger partial charge in [0.2, 0.25) is 10.0 Å². The Morgan fingerprint density at radius 3 is 2.93 bits per heavy atom. The summed E-state index contributed by atoms with van der Waals surface area (Å²) in [7, 11) is -2.06. The average molecular weight is 214 g/mol. The van der Waals surface area contributed by atoms with Gasteiger partial charge in [0.05, 0.1) is 12.6 Å². The second-order valence-corrected chi connectivity index (χ2v) is 4.78. The minimum Gasteiger partial charge on any atom is -0.347 e. The van der Waals surface area contributed by atoms with E-state index in [4.69, 9.17) is 5.26 Å². The second-order valence-electron chi connectivity index (χ2n) is 2.71. The lowest BCUT2D eigenvalue weighted by Crippen LogP contribution is -2.28. The Balaban J connectivity index is 2.68. The molecule has 0 saturated heterocycles. The molecular formula is C7H10N4O2S. The van der Waals surface area contributed by atoms with Gasteiger partial charge >= 0.3 is 0 Å². The summed E-state index contributed by atoms with van der Waals surface area (Å²) in [6.45, 7) is 0.150. The molecule has 1 rings (SSSR count). The zero-order valence-electron chi connectivity index (χ0n) is 7.64. The molecule has 1 heterocycles. The highest BCUT2D eigenvalue weighted by Crippen LogP contribution is 2.02. The summed E-state index contributed by atoms with van der Waals surface area (Å²) in [4.78, 5) is 6.67. The number of H-pyrrole nitrogens is 1. The molecule has 0 spiro atoms. The summed E-state index contributed by atoms with van der Waals surface area (Å²) < 4.78 is 23.7. The van der Waals surface area contributed by atoms with Crippen LogP contribution in [0.4, 0.5) is 0 Å². The monoisotopic (exact) mass is 214 g/mol. The molecular weight excluding hydrogens is 204 g/mol. The molecule has 0 aliphatic heterocycles. The average Bonchev–Trinajstić information content (AvgIpc) is 2.56. The van der Waals surface area contributed by atoms with Crippen LogP contribution in [-0.2, 0) is 16.6 Å². The number of rotatable bonds is 4. The van der Waals surface area contributed by atoms with Crippen molar-refractivity contribution in [3.05, 3.63) is 18.2 Å². The van der Waals surface area contributed by atoms with Crippen LogP contribution in [-0.4, -0.2) is 35.5 Å². The maximum atomic E-state index is 11.3. The SMILES string of the molecule is CN(Cc1ncc[nH]1)S(=O)(=O)CC#N. The number of hydrogen-bond acceptors (Lipinski definition) is 4. The van der Waals surface area contributed by atoms with Crippen LogP contribution in [0, 0.1) is 11.3 Å². The van der Waals surface area contributed by atoms with Crippen molar-refractivity contribution in [2.75, 3.05) is 12.8 Å². The lowest BCUT2D eigenvalue weighted by atomic mass is 10.6. The lowest BCUT2D eigenvalue weighted by Gasteiger charge is -2.12. The molecule has 0 unspecified atom stereocenters. The molecule has 1 aromatic heterocycles. The topological polar surface area (TPSA) is 89.8 Å². The van der Waals surface area contributed by atoms with Crippen LogP contribution in [0.1, 0.15) is 5.82 Å². The first kappa shape index (κ1) is 10.7. The molecule has 0 saturated carbocycles. The first-order chi connectivity index (χ1) is 6.56. The fraction of sp³-hybridized carbons (Fsp3) is 0.429. The minimum absolute atomic E-state index is 0.150.